The van der Waals surface area contributed by atoms with Gasteiger partial charge in [0.2, 0.25) is 5.91 Å². The Morgan fingerprint density at radius 3 is 2.64 bits per heavy atom. The summed E-state index contributed by atoms with van der Waals surface area (Å²) >= 11 is 0. The molecule has 0 unspecified atom stereocenters. The summed E-state index contributed by atoms with van der Waals surface area (Å²) in [5.41, 5.74) is 0.776. The minimum Gasteiger partial charge on any atom is -0.476 e. The molecular weight excluding hydrogens is 280 g/mol. The third-order valence-electron chi connectivity index (χ3n) is 4.28. The molecule has 0 aliphatic carbocycles. The molecule has 3 rings (SSSR count). The van der Waals surface area contributed by atoms with Gasteiger partial charge >= 0.3 is 0 Å². The van der Waals surface area contributed by atoms with E-state index in [2.05, 4.69) is 0 Å². The fraction of sp³-hybridized carbons (Fsp3) is 0.529. The Morgan fingerprint density at radius 2 is 1.95 bits per heavy atom. The zero-order chi connectivity index (χ0) is 15.9. The van der Waals surface area contributed by atoms with Crippen molar-refractivity contribution in [1.82, 2.24) is 4.90 Å². The summed E-state index contributed by atoms with van der Waals surface area (Å²) in [4.78, 5) is 28.6. The number of amides is 2. The van der Waals surface area contributed by atoms with E-state index in [9.17, 15) is 9.59 Å². The van der Waals surface area contributed by atoms with Crippen molar-refractivity contribution >= 4 is 17.5 Å². The van der Waals surface area contributed by atoms with Crippen LogP contribution in [0.25, 0.3) is 0 Å². The lowest BCUT2D eigenvalue weighted by Crippen LogP contribution is -2.55. The SMILES string of the molecule is Cc1ccc2c(c1)N(CC(=O)N1CCCC1)C(=O)C(C)(C)O2. The first-order valence-electron chi connectivity index (χ1n) is 7.78. The van der Waals surface area contributed by atoms with Gasteiger partial charge in [0, 0.05) is 13.1 Å². The second kappa shape index (κ2) is 5.30. The van der Waals surface area contributed by atoms with Crippen molar-refractivity contribution in [1.29, 1.82) is 0 Å². The summed E-state index contributed by atoms with van der Waals surface area (Å²) in [5.74, 6) is 0.499. The Kier molecular flexibility index (Phi) is 3.59. The number of benzene rings is 1. The Morgan fingerprint density at radius 1 is 1.27 bits per heavy atom. The van der Waals surface area contributed by atoms with Crippen molar-refractivity contribution in [2.45, 2.75) is 39.2 Å². The molecule has 5 nitrogen and oxygen atoms in total. The van der Waals surface area contributed by atoms with Crippen LogP contribution in [-0.2, 0) is 9.59 Å². The first-order valence-corrected chi connectivity index (χ1v) is 7.78. The predicted molar refractivity (Wildman–Crippen MR) is 84.1 cm³/mol. The lowest BCUT2D eigenvalue weighted by Gasteiger charge is -2.39. The smallest absolute Gasteiger partial charge is 0.271 e. The van der Waals surface area contributed by atoms with Crippen LogP contribution in [0.15, 0.2) is 18.2 Å². The van der Waals surface area contributed by atoms with Gasteiger partial charge in [-0.2, -0.15) is 0 Å². The summed E-state index contributed by atoms with van der Waals surface area (Å²) < 4.78 is 5.81. The van der Waals surface area contributed by atoms with Crippen LogP contribution in [0.4, 0.5) is 5.69 Å². The van der Waals surface area contributed by atoms with Crippen LogP contribution >= 0.6 is 0 Å². The van der Waals surface area contributed by atoms with Gasteiger partial charge in [-0.05, 0) is 51.3 Å². The van der Waals surface area contributed by atoms with E-state index in [1.54, 1.807) is 18.7 Å². The van der Waals surface area contributed by atoms with Crippen molar-refractivity contribution in [3.05, 3.63) is 23.8 Å². The van der Waals surface area contributed by atoms with Crippen molar-refractivity contribution in [3.63, 3.8) is 0 Å². The number of nitrogens with zero attached hydrogens (tertiary/aromatic N) is 2. The van der Waals surface area contributed by atoms with Crippen molar-refractivity contribution < 1.29 is 14.3 Å². The zero-order valence-corrected chi connectivity index (χ0v) is 13.4. The Balaban J connectivity index is 1.92. The zero-order valence-electron chi connectivity index (χ0n) is 13.4. The molecule has 1 aromatic rings. The van der Waals surface area contributed by atoms with Crippen molar-refractivity contribution in [3.8, 4) is 5.75 Å². The summed E-state index contributed by atoms with van der Waals surface area (Å²) in [6, 6.07) is 5.72. The van der Waals surface area contributed by atoms with E-state index in [0.29, 0.717) is 11.4 Å². The number of carbonyl (C=O) groups is 2. The molecule has 2 aliphatic rings. The lowest BCUT2D eigenvalue weighted by atomic mass is 10.0. The maximum Gasteiger partial charge on any atom is 0.271 e. The first-order chi connectivity index (χ1) is 10.4. The molecule has 118 valence electrons. The van der Waals surface area contributed by atoms with Crippen LogP contribution in [0.1, 0.15) is 32.3 Å². The lowest BCUT2D eigenvalue weighted by molar-refractivity contribution is -0.136. The van der Waals surface area contributed by atoms with Crippen LogP contribution in [0.5, 0.6) is 5.75 Å². The van der Waals surface area contributed by atoms with Crippen molar-refractivity contribution in [2.75, 3.05) is 24.5 Å². The predicted octanol–water partition coefficient (Wildman–Crippen LogP) is 2.12. The molecule has 1 saturated heterocycles. The van der Waals surface area contributed by atoms with Gasteiger partial charge in [0.1, 0.15) is 12.3 Å². The monoisotopic (exact) mass is 302 g/mol. The second-order valence-electron chi connectivity index (χ2n) is 6.56. The minimum absolute atomic E-state index is 0.0102. The summed E-state index contributed by atoms with van der Waals surface area (Å²) in [5, 5.41) is 0. The number of anilines is 1. The second-order valence-corrected chi connectivity index (χ2v) is 6.56. The van der Waals surface area contributed by atoms with E-state index in [1.165, 1.54) is 0 Å². The van der Waals surface area contributed by atoms with Crippen molar-refractivity contribution in [2.24, 2.45) is 0 Å². The van der Waals surface area contributed by atoms with E-state index in [4.69, 9.17) is 4.74 Å². The van der Waals surface area contributed by atoms with Gasteiger partial charge in [-0.25, -0.2) is 0 Å². The van der Waals surface area contributed by atoms with Gasteiger partial charge in [-0.3, -0.25) is 14.5 Å². The molecule has 0 saturated carbocycles. The molecule has 0 bridgehead atoms. The number of carbonyl (C=O) groups excluding carboxylic acids is 2. The summed E-state index contributed by atoms with van der Waals surface area (Å²) in [7, 11) is 0. The number of likely N-dealkylation sites (tertiary alicyclic amines) is 1. The Bertz CT molecular complexity index is 618. The van der Waals surface area contributed by atoms with Gasteiger partial charge in [0.05, 0.1) is 5.69 Å². The number of fused-ring (bicyclic) bond motifs is 1. The number of aryl methyl sites for hydroxylation is 1. The summed E-state index contributed by atoms with van der Waals surface area (Å²) in [6.07, 6.45) is 2.09. The quantitative estimate of drug-likeness (QED) is 0.841. The third kappa shape index (κ3) is 2.56. The highest BCUT2D eigenvalue weighted by atomic mass is 16.5. The fourth-order valence-electron chi connectivity index (χ4n) is 3.04. The van der Waals surface area contributed by atoms with Gasteiger partial charge in [-0.1, -0.05) is 6.07 Å². The first kappa shape index (κ1) is 14.9. The molecule has 2 aliphatic heterocycles. The molecule has 2 amide bonds. The standard InChI is InChI=1S/C17H22N2O3/c1-12-6-7-14-13(10-12)19(16(21)17(2,3)22-14)11-15(20)18-8-4-5-9-18/h6-7,10H,4-5,8-9,11H2,1-3H3. The minimum atomic E-state index is -0.951. The number of hydrogen-bond acceptors (Lipinski definition) is 3. The normalized spacial score (nSPS) is 19.9. The molecule has 0 aromatic heterocycles. The van der Waals surface area contributed by atoms with Crippen LogP contribution in [-0.4, -0.2) is 41.9 Å². The Hall–Kier alpha value is -2.04. The summed E-state index contributed by atoms with van der Waals surface area (Å²) in [6.45, 7) is 7.12. The van der Waals surface area contributed by atoms with Crippen LogP contribution in [0.3, 0.4) is 0 Å². The Labute approximate surface area is 130 Å². The maximum absolute atomic E-state index is 12.7. The maximum atomic E-state index is 12.7. The number of ether oxygens (including phenoxy) is 1. The third-order valence-corrected chi connectivity index (χ3v) is 4.28. The van der Waals surface area contributed by atoms with Gasteiger partial charge in [0.25, 0.3) is 5.91 Å². The molecule has 1 fully saturated rings. The molecule has 0 N–H and O–H groups in total. The van der Waals surface area contributed by atoms with E-state index in [0.717, 1.165) is 31.5 Å². The molecule has 5 heteroatoms. The van der Waals surface area contributed by atoms with E-state index < -0.39 is 5.60 Å². The highest BCUT2D eigenvalue weighted by Crippen LogP contribution is 2.38. The number of hydrogen-bond donors (Lipinski definition) is 0. The molecule has 22 heavy (non-hydrogen) atoms. The fourth-order valence-corrected chi connectivity index (χ4v) is 3.04. The average molecular weight is 302 g/mol. The highest BCUT2D eigenvalue weighted by molar-refractivity contribution is 6.05. The molecular formula is C17H22N2O3. The van der Waals surface area contributed by atoms with Crippen LogP contribution in [0, 0.1) is 6.92 Å². The molecule has 0 atom stereocenters. The van der Waals surface area contributed by atoms with Crippen LogP contribution < -0.4 is 9.64 Å². The highest BCUT2D eigenvalue weighted by Gasteiger charge is 2.42. The molecule has 0 radical (unpaired) electrons. The van der Waals surface area contributed by atoms with Gasteiger partial charge in [0.15, 0.2) is 5.60 Å². The molecule has 0 spiro atoms. The van der Waals surface area contributed by atoms with E-state index >= 15 is 0 Å². The number of rotatable bonds is 2. The van der Waals surface area contributed by atoms with Crippen LogP contribution in [0.2, 0.25) is 0 Å². The topological polar surface area (TPSA) is 49.9 Å². The molecule has 2 heterocycles. The van der Waals surface area contributed by atoms with Gasteiger partial charge < -0.3 is 9.64 Å². The largest absolute Gasteiger partial charge is 0.476 e. The van der Waals surface area contributed by atoms with E-state index in [1.807, 2.05) is 30.0 Å². The van der Waals surface area contributed by atoms with Gasteiger partial charge in [-0.15, -0.1) is 0 Å². The molecule has 1 aromatic carbocycles. The average Bonchev–Trinajstić information content (AvgIpc) is 2.99. The van der Waals surface area contributed by atoms with E-state index in [-0.39, 0.29) is 18.4 Å².